The Bertz CT molecular complexity index is 617. The average Bonchev–Trinajstić information content (AvgIpc) is 2.75. The van der Waals surface area contributed by atoms with E-state index in [0.29, 0.717) is 23.8 Å². The van der Waals surface area contributed by atoms with Crippen LogP contribution in [0.1, 0.15) is 17.3 Å². The quantitative estimate of drug-likeness (QED) is 0.644. The lowest BCUT2D eigenvalue weighted by atomic mass is 10.2. The number of nitro benzene ring substituents is 1. The van der Waals surface area contributed by atoms with Crippen molar-refractivity contribution in [3.8, 4) is 0 Å². The van der Waals surface area contributed by atoms with Gasteiger partial charge in [0, 0.05) is 30.6 Å². The van der Waals surface area contributed by atoms with Crippen LogP contribution >= 0.6 is 0 Å². The number of hydrogen-bond donors (Lipinski definition) is 2. The van der Waals surface area contributed by atoms with Gasteiger partial charge in [-0.15, -0.1) is 0 Å². The maximum Gasteiger partial charge on any atom is 0.273 e. The molecule has 7 heteroatoms. The van der Waals surface area contributed by atoms with Crippen molar-refractivity contribution in [3.05, 3.63) is 45.7 Å². The zero-order chi connectivity index (χ0) is 14.7. The maximum absolute atomic E-state index is 10.9. The molecular formula is C13H16N4O3. The first-order valence-electron chi connectivity index (χ1n) is 6.13. The minimum Gasteiger partial charge on any atom is -0.444 e. The standard InChI is InChI=1S/C13H16N4O3/c1-8-9(2)20-13(16-8)7-15-11-4-10(14-3)5-12(6-11)17(18)19/h4-6,14-15H,7H2,1-3H3. The Morgan fingerprint density at radius 2 is 2.00 bits per heavy atom. The van der Waals surface area contributed by atoms with Gasteiger partial charge in [0.15, 0.2) is 0 Å². The van der Waals surface area contributed by atoms with Crippen LogP contribution in [0, 0.1) is 24.0 Å². The summed E-state index contributed by atoms with van der Waals surface area (Å²) in [7, 11) is 1.71. The molecule has 2 rings (SSSR count). The molecule has 0 saturated heterocycles. The summed E-state index contributed by atoms with van der Waals surface area (Å²) in [4.78, 5) is 14.7. The number of oxazole rings is 1. The molecule has 0 aliphatic carbocycles. The molecule has 2 N–H and O–H groups in total. The van der Waals surface area contributed by atoms with Gasteiger partial charge in [-0.3, -0.25) is 10.1 Å². The number of nitrogens with one attached hydrogen (secondary N) is 2. The number of non-ortho nitro benzene ring substituents is 1. The molecule has 0 aliphatic heterocycles. The summed E-state index contributed by atoms with van der Waals surface area (Å²) in [6.07, 6.45) is 0. The summed E-state index contributed by atoms with van der Waals surface area (Å²) in [6.45, 7) is 4.09. The van der Waals surface area contributed by atoms with E-state index in [4.69, 9.17) is 4.42 Å². The van der Waals surface area contributed by atoms with E-state index >= 15 is 0 Å². The fraction of sp³-hybridized carbons (Fsp3) is 0.308. The van der Waals surface area contributed by atoms with E-state index in [1.165, 1.54) is 12.1 Å². The minimum absolute atomic E-state index is 0.0270. The van der Waals surface area contributed by atoms with Gasteiger partial charge in [0.1, 0.15) is 5.76 Å². The highest BCUT2D eigenvalue weighted by molar-refractivity contribution is 5.63. The first-order chi connectivity index (χ1) is 9.49. The Labute approximate surface area is 116 Å². The van der Waals surface area contributed by atoms with Crippen LogP contribution in [0.3, 0.4) is 0 Å². The third-order valence-corrected chi connectivity index (χ3v) is 2.93. The molecule has 20 heavy (non-hydrogen) atoms. The lowest BCUT2D eigenvalue weighted by Crippen LogP contribution is -2.02. The van der Waals surface area contributed by atoms with E-state index < -0.39 is 4.92 Å². The minimum atomic E-state index is -0.425. The number of nitrogens with zero attached hydrogens (tertiary/aromatic N) is 2. The molecule has 0 fully saturated rings. The van der Waals surface area contributed by atoms with Crippen molar-refractivity contribution in [3.63, 3.8) is 0 Å². The number of aromatic nitrogens is 1. The van der Waals surface area contributed by atoms with E-state index in [9.17, 15) is 10.1 Å². The van der Waals surface area contributed by atoms with Crippen molar-refractivity contribution in [1.29, 1.82) is 0 Å². The van der Waals surface area contributed by atoms with Crippen molar-refractivity contribution in [2.24, 2.45) is 0 Å². The molecule has 0 saturated carbocycles. The topological polar surface area (TPSA) is 93.2 Å². The molecule has 2 aromatic rings. The molecule has 1 aromatic heterocycles. The van der Waals surface area contributed by atoms with Crippen molar-refractivity contribution in [2.45, 2.75) is 20.4 Å². The summed E-state index contributed by atoms with van der Waals surface area (Å²) in [5.74, 6) is 1.33. The van der Waals surface area contributed by atoms with Crippen LogP contribution in [0.5, 0.6) is 0 Å². The molecule has 1 aromatic carbocycles. The lowest BCUT2D eigenvalue weighted by molar-refractivity contribution is -0.384. The molecule has 1 heterocycles. The molecule has 0 unspecified atom stereocenters. The highest BCUT2D eigenvalue weighted by Gasteiger charge is 2.10. The Morgan fingerprint density at radius 3 is 2.55 bits per heavy atom. The summed E-state index contributed by atoms with van der Waals surface area (Å²) in [5, 5.41) is 16.8. The second kappa shape index (κ2) is 5.60. The second-order valence-electron chi connectivity index (χ2n) is 4.38. The number of aryl methyl sites for hydroxylation is 2. The monoisotopic (exact) mass is 276 g/mol. The molecule has 0 aliphatic rings. The molecule has 0 amide bonds. The van der Waals surface area contributed by atoms with Gasteiger partial charge in [0.25, 0.3) is 5.69 Å². The predicted octanol–water partition coefficient (Wildman–Crippen LogP) is 2.85. The van der Waals surface area contributed by atoms with Crippen LogP contribution < -0.4 is 10.6 Å². The summed E-state index contributed by atoms with van der Waals surface area (Å²) in [6, 6.07) is 4.74. The van der Waals surface area contributed by atoms with Gasteiger partial charge in [0.2, 0.25) is 5.89 Å². The van der Waals surface area contributed by atoms with Crippen molar-refractivity contribution in [1.82, 2.24) is 4.98 Å². The van der Waals surface area contributed by atoms with Gasteiger partial charge in [-0.2, -0.15) is 0 Å². The van der Waals surface area contributed by atoms with Gasteiger partial charge in [-0.25, -0.2) is 4.98 Å². The molecule has 0 bridgehead atoms. The van der Waals surface area contributed by atoms with E-state index in [0.717, 1.165) is 11.5 Å². The van der Waals surface area contributed by atoms with Crippen LogP contribution in [-0.2, 0) is 6.54 Å². The Morgan fingerprint density at radius 1 is 1.30 bits per heavy atom. The smallest absolute Gasteiger partial charge is 0.273 e. The Hall–Kier alpha value is -2.57. The second-order valence-corrected chi connectivity index (χ2v) is 4.38. The normalized spacial score (nSPS) is 10.3. The third kappa shape index (κ3) is 3.05. The van der Waals surface area contributed by atoms with Crippen LogP contribution in [0.15, 0.2) is 22.6 Å². The lowest BCUT2D eigenvalue weighted by Gasteiger charge is -2.07. The number of hydrogen-bond acceptors (Lipinski definition) is 6. The van der Waals surface area contributed by atoms with Gasteiger partial charge < -0.3 is 15.1 Å². The van der Waals surface area contributed by atoms with Crippen LogP contribution in [0.25, 0.3) is 0 Å². The SMILES string of the molecule is CNc1cc(NCc2nc(C)c(C)o2)cc([N+](=O)[O-])c1. The van der Waals surface area contributed by atoms with Crippen LogP contribution in [0.2, 0.25) is 0 Å². The van der Waals surface area contributed by atoms with Gasteiger partial charge in [-0.1, -0.05) is 0 Å². The van der Waals surface area contributed by atoms with E-state index in [1.54, 1.807) is 13.1 Å². The zero-order valence-corrected chi connectivity index (χ0v) is 11.6. The van der Waals surface area contributed by atoms with E-state index in [-0.39, 0.29) is 5.69 Å². The fourth-order valence-corrected chi connectivity index (χ4v) is 1.76. The molecule has 0 radical (unpaired) electrons. The molecule has 0 atom stereocenters. The number of anilines is 2. The summed E-state index contributed by atoms with van der Waals surface area (Å²) < 4.78 is 5.45. The number of benzene rings is 1. The molecule has 106 valence electrons. The number of nitro groups is 1. The van der Waals surface area contributed by atoms with Gasteiger partial charge in [-0.05, 0) is 19.9 Å². The summed E-state index contributed by atoms with van der Waals surface area (Å²) in [5.41, 5.74) is 2.18. The van der Waals surface area contributed by atoms with E-state index in [1.807, 2.05) is 13.8 Å². The van der Waals surface area contributed by atoms with E-state index in [2.05, 4.69) is 15.6 Å². The van der Waals surface area contributed by atoms with Crippen molar-refractivity contribution in [2.75, 3.05) is 17.7 Å². The Balaban J connectivity index is 2.16. The third-order valence-electron chi connectivity index (χ3n) is 2.93. The average molecular weight is 276 g/mol. The largest absolute Gasteiger partial charge is 0.444 e. The first kappa shape index (κ1) is 13.9. The van der Waals surface area contributed by atoms with Crippen molar-refractivity contribution >= 4 is 17.1 Å². The molecule has 7 nitrogen and oxygen atoms in total. The summed E-state index contributed by atoms with van der Waals surface area (Å²) >= 11 is 0. The van der Waals surface area contributed by atoms with Gasteiger partial charge >= 0.3 is 0 Å². The Kier molecular flexibility index (Phi) is 3.88. The highest BCUT2D eigenvalue weighted by Crippen LogP contribution is 2.24. The van der Waals surface area contributed by atoms with Gasteiger partial charge in [0.05, 0.1) is 17.2 Å². The van der Waals surface area contributed by atoms with Crippen molar-refractivity contribution < 1.29 is 9.34 Å². The molecule has 0 spiro atoms. The van der Waals surface area contributed by atoms with Crippen LogP contribution in [-0.4, -0.2) is 17.0 Å². The fourth-order valence-electron chi connectivity index (χ4n) is 1.76. The number of rotatable bonds is 5. The first-order valence-corrected chi connectivity index (χ1v) is 6.13. The predicted molar refractivity (Wildman–Crippen MR) is 75.9 cm³/mol. The zero-order valence-electron chi connectivity index (χ0n) is 11.6. The highest BCUT2D eigenvalue weighted by atomic mass is 16.6. The molecular weight excluding hydrogens is 260 g/mol. The van der Waals surface area contributed by atoms with Crippen LogP contribution in [0.4, 0.5) is 17.1 Å². The maximum atomic E-state index is 10.9.